The summed E-state index contributed by atoms with van der Waals surface area (Å²) in [6.07, 6.45) is 0.892. The van der Waals surface area contributed by atoms with Crippen molar-refractivity contribution >= 4 is 5.69 Å². The van der Waals surface area contributed by atoms with Crippen LogP contribution in [0.15, 0.2) is 30.3 Å². The summed E-state index contributed by atoms with van der Waals surface area (Å²) < 4.78 is 2.15. The third-order valence-electron chi connectivity index (χ3n) is 2.78. The van der Waals surface area contributed by atoms with Gasteiger partial charge in [0.2, 0.25) is 0 Å². The fourth-order valence-corrected chi connectivity index (χ4v) is 1.90. The number of benzene rings is 1. The first-order valence-electron chi connectivity index (χ1n) is 5.99. The smallest absolute Gasteiger partial charge is 0.134 e. The van der Waals surface area contributed by atoms with Crippen LogP contribution in [-0.4, -0.2) is 21.3 Å². The van der Waals surface area contributed by atoms with Crippen molar-refractivity contribution in [3.05, 3.63) is 42.0 Å². The molecular formula is C13H18N4. The van der Waals surface area contributed by atoms with Crippen molar-refractivity contribution in [2.45, 2.75) is 26.8 Å². The Morgan fingerprint density at radius 1 is 1.18 bits per heavy atom. The molecule has 0 saturated carbocycles. The van der Waals surface area contributed by atoms with Crippen LogP contribution in [-0.2, 0) is 13.0 Å². The van der Waals surface area contributed by atoms with Crippen molar-refractivity contribution in [1.82, 2.24) is 14.8 Å². The molecule has 2 rings (SSSR count). The molecule has 0 aliphatic heterocycles. The molecule has 0 saturated heterocycles. The summed E-state index contributed by atoms with van der Waals surface area (Å²) in [6.45, 7) is 5.91. The average Bonchev–Trinajstić information content (AvgIpc) is 2.71. The number of nitrogens with zero attached hydrogens (tertiary/aromatic N) is 3. The van der Waals surface area contributed by atoms with Gasteiger partial charge >= 0.3 is 0 Å². The standard InChI is InChI=1S/C13H18N4/c1-3-17-11(2)15-16-13(17)9-10-14-12-7-5-4-6-8-12/h4-8,14H,3,9-10H2,1-2H3. The highest BCUT2D eigenvalue weighted by molar-refractivity contribution is 5.42. The van der Waals surface area contributed by atoms with Gasteiger partial charge in [-0.05, 0) is 26.0 Å². The summed E-state index contributed by atoms with van der Waals surface area (Å²) >= 11 is 0. The van der Waals surface area contributed by atoms with Gasteiger partial charge in [0, 0.05) is 25.2 Å². The molecule has 0 fully saturated rings. The van der Waals surface area contributed by atoms with Crippen LogP contribution in [0.1, 0.15) is 18.6 Å². The van der Waals surface area contributed by atoms with Crippen molar-refractivity contribution in [3.63, 3.8) is 0 Å². The molecule has 0 amide bonds. The topological polar surface area (TPSA) is 42.7 Å². The van der Waals surface area contributed by atoms with E-state index >= 15 is 0 Å². The van der Waals surface area contributed by atoms with Gasteiger partial charge in [0.15, 0.2) is 0 Å². The van der Waals surface area contributed by atoms with E-state index in [0.717, 1.165) is 36.8 Å². The maximum Gasteiger partial charge on any atom is 0.134 e. The molecule has 1 N–H and O–H groups in total. The van der Waals surface area contributed by atoms with Gasteiger partial charge in [0.05, 0.1) is 0 Å². The Kier molecular flexibility index (Phi) is 3.75. The molecule has 0 atom stereocenters. The summed E-state index contributed by atoms with van der Waals surface area (Å²) in [4.78, 5) is 0. The Morgan fingerprint density at radius 3 is 2.65 bits per heavy atom. The molecule has 90 valence electrons. The van der Waals surface area contributed by atoms with E-state index in [1.165, 1.54) is 0 Å². The van der Waals surface area contributed by atoms with Gasteiger partial charge in [0.1, 0.15) is 11.6 Å². The van der Waals surface area contributed by atoms with E-state index in [2.05, 4.69) is 39.1 Å². The quantitative estimate of drug-likeness (QED) is 0.856. The zero-order chi connectivity index (χ0) is 12.1. The molecule has 2 aromatic rings. The van der Waals surface area contributed by atoms with Crippen LogP contribution in [0, 0.1) is 6.92 Å². The highest BCUT2D eigenvalue weighted by Crippen LogP contribution is 2.06. The summed E-state index contributed by atoms with van der Waals surface area (Å²) in [7, 11) is 0. The van der Waals surface area contributed by atoms with Crippen LogP contribution in [0.2, 0.25) is 0 Å². The lowest BCUT2D eigenvalue weighted by Crippen LogP contribution is -2.10. The van der Waals surface area contributed by atoms with Crippen molar-refractivity contribution in [2.75, 3.05) is 11.9 Å². The normalized spacial score (nSPS) is 10.5. The Hall–Kier alpha value is -1.84. The zero-order valence-electron chi connectivity index (χ0n) is 10.3. The predicted molar refractivity (Wildman–Crippen MR) is 69.1 cm³/mol. The first-order valence-corrected chi connectivity index (χ1v) is 5.99. The molecule has 4 nitrogen and oxygen atoms in total. The van der Waals surface area contributed by atoms with Crippen molar-refractivity contribution < 1.29 is 0 Å². The lowest BCUT2D eigenvalue weighted by molar-refractivity contribution is 0.679. The number of para-hydroxylation sites is 1. The maximum atomic E-state index is 4.19. The minimum absolute atomic E-state index is 0.877. The number of rotatable bonds is 5. The number of aryl methyl sites for hydroxylation is 1. The second kappa shape index (κ2) is 5.48. The second-order valence-electron chi connectivity index (χ2n) is 3.95. The van der Waals surface area contributed by atoms with Gasteiger partial charge in [0.25, 0.3) is 0 Å². The zero-order valence-corrected chi connectivity index (χ0v) is 10.3. The molecule has 0 aliphatic rings. The van der Waals surface area contributed by atoms with Gasteiger partial charge in [-0.2, -0.15) is 0 Å². The minimum atomic E-state index is 0.877. The van der Waals surface area contributed by atoms with Gasteiger partial charge in [-0.15, -0.1) is 10.2 Å². The number of hydrogen-bond acceptors (Lipinski definition) is 3. The summed E-state index contributed by atoms with van der Waals surface area (Å²) in [5, 5.41) is 11.7. The lowest BCUT2D eigenvalue weighted by Gasteiger charge is -2.07. The van der Waals surface area contributed by atoms with Crippen LogP contribution in [0.3, 0.4) is 0 Å². The maximum absolute atomic E-state index is 4.19. The molecule has 17 heavy (non-hydrogen) atoms. The summed E-state index contributed by atoms with van der Waals surface area (Å²) in [5.74, 6) is 2.04. The van der Waals surface area contributed by atoms with Crippen LogP contribution in [0.25, 0.3) is 0 Å². The average molecular weight is 230 g/mol. The number of aromatic nitrogens is 3. The van der Waals surface area contributed by atoms with Gasteiger partial charge in [-0.25, -0.2) is 0 Å². The van der Waals surface area contributed by atoms with Crippen molar-refractivity contribution in [1.29, 1.82) is 0 Å². The third-order valence-corrected chi connectivity index (χ3v) is 2.78. The van der Waals surface area contributed by atoms with Gasteiger partial charge in [-0.3, -0.25) is 0 Å². The fraction of sp³-hybridized carbons (Fsp3) is 0.385. The minimum Gasteiger partial charge on any atom is -0.385 e. The van der Waals surface area contributed by atoms with E-state index in [1.807, 2.05) is 25.1 Å². The van der Waals surface area contributed by atoms with Crippen LogP contribution < -0.4 is 5.32 Å². The highest BCUT2D eigenvalue weighted by atomic mass is 15.3. The Bertz CT molecular complexity index is 462. The van der Waals surface area contributed by atoms with E-state index in [0.29, 0.717) is 0 Å². The number of anilines is 1. The molecule has 0 unspecified atom stereocenters. The number of hydrogen-bond donors (Lipinski definition) is 1. The van der Waals surface area contributed by atoms with E-state index in [-0.39, 0.29) is 0 Å². The molecule has 1 aromatic heterocycles. The van der Waals surface area contributed by atoms with Crippen LogP contribution >= 0.6 is 0 Å². The van der Waals surface area contributed by atoms with E-state index in [1.54, 1.807) is 0 Å². The number of nitrogens with one attached hydrogen (secondary N) is 1. The largest absolute Gasteiger partial charge is 0.385 e. The molecular weight excluding hydrogens is 212 g/mol. The fourth-order valence-electron chi connectivity index (χ4n) is 1.90. The van der Waals surface area contributed by atoms with Crippen molar-refractivity contribution in [2.24, 2.45) is 0 Å². The molecule has 0 aliphatic carbocycles. The monoisotopic (exact) mass is 230 g/mol. The first-order chi connectivity index (χ1) is 8.31. The molecule has 1 aromatic carbocycles. The van der Waals surface area contributed by atoms with E-state index in [9.17, 15) is 0 Å². The summed E-state index contributed by atoms with van der Waals surface area (Å²) in [5.41, 5.74) is 1.15. The van der Waals surface area contributed by atoms with E-state index < -0.39 is 0 Å². The summed E-state index contributed by atoms with van der Waals surface area (Å²) in [6, 6.07) is 10.2. The first kappa shape index (κ1) is 11.6. The van der Waals surface area contributed by atoms with Crippen molar-refractivity contribution in [3.8, 4) is 0 Å². The van der Waals surface area contributed by atoms with Crippen LogP contribution in [0.5, 0.6) is 0 Å². The second-order valence-corrected chi connectivity index (χ2v) is 3.95. The predicted octanol–water partition coefficient (Wildman–Crippen LogP) is 2.26. The van der Waals surface area contributed by atoms with E-state index in [4.69, 9.17) is 0 Å². The van der Waals surface area contributed by atoms with Gasteiger partial charge in [-0.1, -0.05) is 18.2 Å². The SMILES string of the molecule is CCn1c(C)nnc1CCNc1ccccc1. The highest BCUT2D eigenvalue weighted by Gasteiger charge is 2.05. The molecule has 0 spiro atoms. The van der Waals surface area contributed by atoms with Gasteiger partial charge < -0.3 is 9.88 Å². The molecule has 4 heteroatoms. The lowest BCUT2D eigenvalue weighted by atomic mass is 10.3. The third kappa shape index (κ3) is 2.84. The molecule has 1 heterocycles. The Morgan fingerprint density at radius 2 is 1.94 bits per heavy atom. The molecule has 0 radical (unpaired) electrons. The Balaban J connectivity index is 1.90. The van der Waals surface area contributed by atoms with Crippen LogP contribution in [0.4, 0.5) is 5.69 Å². The molecule has 0 bridgehead atoms. The Labute approximate surface area is 102 Å².